The molecule has 0 amide bonds. The summed E-state index contributed by atoms with van der Waals surface area (Å²) in [5.74, 6) is -13.1. The third-order valence-electron chi connectivity index (χ3n) is 1.86. The van der Waals surface area contributed by atoms with Gasteiger partial charge < -0.3 is 4.42 Å². The molecule has 2 rings (SSSR count). The molecule has 9 heteroatoms. The fourth-order valence-electron chi connectivity index (χ4n) is 1.13. The molecule has 0 saturated heterocycles. The maximum Gasteiger partial charge on any atom is 0.434 e. The van der Waals surface area contributed by atoms with Crippen LogP contribution < -0.4 is 5.76 Å². The maximum atomic E-state index is 13.2. The zero-order chi connectivity index (χ0) is 12.7. The van der Waals surface area contributed by atoms with Gasteiger partial charge in [0, 0.05) is 0 Å². The summed E-state index contributed by atoms with van der Waals surface area (Å²) in [5, 5.41) is 4.61. The molecule has 17 heavy (non-hydrogen) atoms. The zero-order valence-electron chi connectivity index (χ0n) is 7.65. The Kier molecular flexibility index (Phi) is 2.45. The van der Waals surface area contributed by atoms with E-state index in [9.17, 15) is 26.7 Å². The summed E-state index contributed by atoms with van der Waals surface area (Å²) in [4.78, 5) is 10.5. The molecule has 1 aromatic carbocycles. The van der Waals surface area contributed by atoms with Crippen molar-refractivity contribution in [2.45, 2.75) is 0 Å². The molecule has 1 N–H and O–H groups in total. The average Bonchev–Trinajstić information content (AvgIpc) is 2.71. The zero-order valence-corrected chi connectivity index (χ0v) is 7.65. The number of H-pyrrole nitrogens is 1. The van der Waals surface area contributed by atoms with Gasteiger partial charge in [-0.1, -0.05) is 0 Å². The van der Waals surface area contributed by atoms with E-state index in [2.05, 4.69) is 9.52 Å². The van der Waals surface area contributed by atoms with Crippen molar-refractivity contribution in [1.29, 1.82) is 0 Å². The second kappa shape index (κ2) is 3.68. The van der Waals surface area contributed by atoms with Crippen molar-refractivity contribution in [3.63, 3.8) is 0 Å². The predicted molar refractivity (Wildman–Crippen MR) is 42.3 cm³/mol. The standard InChI is InChI=1S/C8HF5N2O2/c9-2-1(7-14-15-8(16)17-7)3(10)5(12)6(13)4(2)11/h(H,15,16). The number of hydrogen-bond acceptors (Lipinski definition) is 3. The van der Waals surface area contributed by atoms with Crippen LogP contribution >= 0.6 is 0 Å². The summed E-state index contributed by atoms with van der Waals surface area (Å²) in [6.45, 7) is 0. The Morgan fingerprint density at radius 1 is 0.882 bits per heavy atom. The van der Waals surface area contributed by atoms with E-state index in [1.807, 2.05) is 0 Å². The monoisotopic (exact) mass is 252 g/mol. The minimum atomic E-state index is -2.30. The van der Waals surface area contributed by atoms with Gasteiger partial charge in [-0.25, -0.2) is 31.8 Å². The third-order valence-corrected chi connectivity index (χ3v) is 1.86. The minimum Gasteiger partial charge on any atom is -0.388 e. The van der Waals surface area contributed by atoms with Gasteiger partial charge in [0.15, 0.2) is 23.3 Å². The van der Waals surface area contributed by atoms with Crippen molar-refractivity contribution in [2.24, 2.45) is 0 Å². The van der Waals surface area contributed by atoms with E-state index in [0.717, 1.165) is 0 Å². The average molecular weight is 252 g/mol. The van der Waals surface area contributed by atoms with Gasteiger partial charge in [-0.05, 0) is 0 Å². The first-order valence-electron chi connectivity index (χ1n) is 4.00. The van der Waals surface area contributed by atoms with Gasteiger partial charge in [-0.2, -0.15) is 0 Å². The predicted octanol–water partition coefficient (Wildman–Crippen LogP) is 1.73. The van der Waals surface area contributed by atoms with Crippen LogP contribution in [0, 0.1) is 29.1 Å². The first kappa shape index (κ1) is 11.3. The molecule has 0 aliphatic heterocycles. The van der Waals surface area contributed by atoms with Gasteiger partial charge in [0.05, 0.1) is 0 Å². The highest BCUT2D eigenvalue weighted by Gasteiger charge is 2.29. The Morgan fingerprint density at radius 2 is 1.35 bits per heavy atom. The van der Waals surface area contributed by atoms with Gasteiger partial charge >= 0.3 is 5.76 Å². The number of aromatic nitrogens is 2. The van der Waals surface area contributed by atoms with E-state index >= 15 is 0 Å². The Hall–Kier alpha value is -2.19. The smallest absolute Gasteiger partial charge is 0.388 e. The Labute approximate surface area is 88.7 Å². The normalized spacial score (nSPS) is 10.9. The second-order valence-corrected chi connectivity index (χ2v) is 2.86. The van der Waals surface area contributed by atoms with E-state index < -0.39 is 46.3 Å². The number of hydrogen-bond donors (Lipinski definition) is 1. The fraction of sp³-hybridized carbons (Fsp3) is 0. The van der Waals surface area contributed by atoms with E-state index in [1.165, 1.54) is 0 Å². The van der Waals surface area contributed by atoms with Crippen LogP contribution in [-0.2, 0) is 0 Å². The Balaban J connectivity index is 2.83. The lowest BCUT2D eigenvalue weighted by atomic mass is 10.1. The highest BCUT2D eigenvalue weighted by molar-refractivity contribution is 5.55. The van der Waals surface area contributed by atoms with Crippen molar-refractivity contribution in [1.82, 2.24) is 10.2 Å². The van der Waals surface area contributed by atoms with Crippen LogP contribution in [0.15, 0.2) is 9.21 Å². The first-order chi connectivity index (χ1) is 7.93. The van der Waals surface area contributed by atoms with Crippen molar-refractivity contribution in [3.8, 4) is 11.5 Å². The van der Waals surface area contributed by atoms with E-state index in [4.69, 9.17) is 0 Å². The second-order valence-electron chi connectivity index (χ2n) is 2.86. The van der Waals surface area contributed by atoms with Crippen molar-refractivity contribution in [2.75, 3.05) is 0 Å². The number of nitrogens with one attached hydrogen (secondary N) is 1. The minimum absolute atomic E-state index is 1.03. The lowest BCUT2D eigenvalue weighted by Gasteiger charge is -2.03. The summed E-state index contributed by atoms with van der Waals surface area (Å²) in [6, 6.07) is 0. The van der Waals surface area contributed by atoms with Gasteiger partial charge in [0.25, 0.3) is 5.89 Å². The molecule has 0 saturated carbocycles. The summed E-state index contributed by atoms with van der Waals surface area (Å²) in [7, 11) is 0. The topological polar surface area (TPSA) is 58.9 Å². The molecule has 0 bridgehead atoms. The fourth-order valence-corrected chi connectivity index (χ4v) is 1.13. The molecule has 0 atom stereocenters. The van der Waals surface area contributed by atoms with Gasteiger partial charge in [0.1, 0.15) is 5.56 Å². The molecule has 0 aliphatic carbocycles. The highest BCUT2D eigenvalue weighted by atomic mass is 19.2. The van der Waals surface area contributed by atoms with Crippen molar-refractivity contribution < 1.29 is 26.4 Å². The highest BCUT2D eigenvalue weighted by Crippen LogP contribution is 2.29. The van der Waals surface area contributed by atoms with Crippen molar-refractivity contribution in [3.05, 3.63) is 39.6 Å². The molecule has 0 radical (unpaired) electrons. The molecule has 0 aliphatic rings. The summed E-state index contributed by atoms with van der Waals surface area (Å²) >= 11 is 0. The quantitative estimate of drug-likeness (QED) is 0.477. The summed E-state index contributed by atoms with van der Waals surface area (Å²) in [5.41, 5.74) is -1.40. The summed E-state index contributed by atoms with van der Waals surface area (Å²) < 4.78 is 68.7. The molecule has 2 aromatic rings. The van der Waals surface area contributed by atoms with Crippen molar-refractivity contribution >= 4 is 0 Å². The molecule has 90 valence electrons. The molecule has 0 spiro atoms. The van der Waals surface area contributed by atoms with Crippen LogP contribution in [0.5, 0.6) is 0 Å². The molecule has 4 nitrogen and oxygen atoms in total. The molecule has 1 heterocycles. The van der Waals surface area contributed by atoms with Crippen LogP contribution in [0.2, 0.25) is 0 Å². The van der Waals surface area contributed by atoms with E-state index in [1.54, 1.807) is 5.10 Å². The number of benzene rings is 1. The van der Waals surface area contributed by atoms with Crippen LogP contribution in [-0.4, -0.2) is 10.2 Å². The van der Waals surface area contributed by atoms with E-state index in [0.29, 0.717) is 0 Å². The molecule has 1 aromatic heterocycles. The third kappa shape index (κ3) is 1.59. The van der Waals surface area contributed by atoms with Crippen LogP contribution in [0.3, 0.4) is 0 Å². The Bertz CT molecular complexity index is 619. The summed E-state index contributed by atoms with van der Waals surface area (Å²) in [6.07, 6.45) is 0. The van der Waals surface area contributed by atoms with Crippen LogP contribution in [0.4, 0.5) is 22.0 Å². The van der Waals surface area contributed by atoms with Crippen LogP contribution in [0.1, 0.15) is 0 Å². The lowest BCUT2D eigenvalue weighted by Crippen LogP contribution is -2.04. The lowest BCUT2D eigenvalue weighted by molar-refractivity contribution is 0.377. The molecular formula is C8HF5N2O2. The van der Waals surface area contributed by atoms with Gasteiger partial charge in [-0.15, -0.1) is 5.10 Å². The number of nitrogens with zero attached hydrogens (tertiary/aromatic N) is 1. The molecular weight excluding hydrogens is 251 g/mol. The van der Waals surface area contributed by atoms with Gasteiger partial charge in [0.2, 0.25) is 5.82 Å². The van der Waals surface area contributed by atoms with E-state index in [-0.39, 0.29) is 0 Å². The number of halogens is 5. The Morgan fingerprint density at radius 3 is 1.76 bits per heavy atom. The first-order valence-corrected chi connectivity index (χ1v) is 4.00. The van der Waals surface area contributed by atoms with Crippen LogP contribution in [0.25, 0.3) is 11.5 Å². The largest absolute Gasteiger partial charge is 0.434 e. The maximum absolute atomic E-state index is 13.2. The molecule has 0 fully saturated rings. The van der Waals surface area contributed by atoms with Gasteiger partial charge in [-0.3, -0.25) is 0 Å². The molecule has 0 unspecified atom stereocenters. The number of aromatic amines is 1. The number of rotatable bonds is 1. The SMILES string of the molecule is O=c1[nH]nc(-c2c(F)c(F)c(F)c(F)c2F)o1.